The summed E-state index contributed by atoms with van der Waals surface area (Å²) in [6.07, 6.45) is 0. The van der Waals surface area contributed by atoms with E-state index in [9.17, 15) is 25.9 Å². The first-order chi connectivity index (χ1) is 13.1. The molecule has 0 aromatic heterocycles. The van der Waals surface area contributed by atoms with Gasteiger partial charge in [-0.15, -0.1) is 0 Å². The molecule has 0 fully saturated rings. The van der Waals surface area contributed by atoms with Crippen molar-refractivity contribution in [3.63, 3.8) is 0 Å². The Balaban J connectivity index is 2.15. The molecule has 141 valence electrons. The lowest BCUT2D eigenvalue weighted by Crippen LogP contribution is -2.01. The first kappa shape index (κ1) is 18.6. The first-order valence-electron chi connectivity index (χ1n) is 8.08. The van der Waals surface area contributed by atoms with E-state index < -0.39 is 20.2 Å². The Labute approximate surface area is 161 Å². The summed E-state index contributed by atoms with van der Waals surface area (Å²) in [6.45, 7) is 0. The second-order valence-corrected chi connectivity index (χ2v) is 9.05. The van der Waals surface area contributed by atoms with Crippen LogP contribution in [0.5, 0.6) is 0 Å². The molecule has 0 amide bonds. The minimum Gasteiger partial charge on any atom is -0.282 e. The third-order valence-electron chi connectivity index (χ3n) is 4.44. The summed E-state index contributed by atoms with van der Waals surface area (Å²) in [5.41, 5.74) is 0.634. The fraction of sp³-hybridized carbons (Fsp3) is 0. The van der Waals surface area contributed by atoms with E-state index in [1.165, 1.54) is 18.2 Å². The Kier molecular flexibility index (Phi) is 4.24. The molecule has 0 spiro atoms. The van der Waals surface area contributed by atoms with Crippen molar-refractivity contribution in [3.8, 4) is 11.1 Å². The van der Waals surface area contributed by atoms with Gasteiger partial charge in [-0.3, -0.25) is 9.11 Å². The predicted molar refractivity (Wildman–Crippen MR) is 105 cm³/mol. The van der Waals surface area contributed by atoms with Crippen LogP contribution in [-0.4, -0.2) is 25.9 Å². The van der Waals surface area contributed by atoms with E-state index in [0.717, 1.165) is 0 Å². The number of benzene rings is 4. The molecular formula is C20H13O6S2. The quantitative estimate of drug-likeness (QED) is 0.492. The van der Waals surface area contributed by atoms with Gasteiger partial charge in [-0.25, -0.2) is 0 Å². The van der Waals surface area contributed by atoms with Gasteiger partial charge in [-0.05, 0) is 51.6 Å². The van der Waals surface area contributed by atoms with Crippen molar-refractivity contribution in [1.82, 2.24) is 0 Å². The van der Waals surface area contributed by atoms with Gasteiger partial charge in [0.2, 0.25) is 0 Å². The van der Waals surface area contributed by atoms with Gasteiger partial charge in [0.05, 0.1) is 4.90 Å². The minimum atomic E-state index is -4.54. The van der Waals surface area contributed by atoms with Crippen LogP contribution in [0.1, 0.15) is 0 Å². The average Bonchev–Trinajstić information content (AvgIpc) is 2.64. The summed E-state index contributed by atoms with van der Waals surface area (Å²) in [5, 5.41) is 1.92. The highest BCUT2D eigenvalue weighted by Crippen LogP contribution is 2.35. The molecule has 0 aliphatic rings. The van der Waals surface area contributed by atoms with E-state index in [4.69, 9.17) is 0 Å². The van der Waals surface area contributed by atoms with Gasteiger partial charge in [-0.2, -0.15) is 16.8 Å². The monoisotopic (exact) mass is 413 g/mol. The maximum atomic E-state index is 11.9. The lowest BCUT2D eigenvalue weighted by Gasteiger charge is -2.12. The van der Waals surface area contributed by atoms with Crippen LogP contribution < -0.4 is 0 Å². The summed E-state index contributed by atoms with van der Waals surface area (Å²) >= 11 is 0. The van der Waals surface area contributed by atoms with Gasteiger partial charge in [0.1, 0.15) is 4.90 Å². The van der Waals surface area contributed by atoms with Gasteiger partial charge < -0.3 is 0 Å². The van der Waals surface area contributed by atoms with Crippen LogP contribution in [0.15, 0.2) is 76.5 Å². The fourth-order valence-electron chi connectivity index (χ4n) is 3.21. The van der Waals surface area contributed by atoms with E-state index in [1.54, 1.807) is 48.5 Å². The molecule has 4 rings (SSSR count). The van der Waals surface area contributed by atoms with Crippen molar-refractivity contribution in [2.75, 3.05) is 0 Å². The zero-order valence-electron chi connectivity index (χ0n) is 14.2. The van der Waals surface area contributed by atoms with Crippen LogP contribution in [-0.2, 0) is 20.2 Å². The zero-order chi connectivity index (χ0) is 20.1. The number of fused-ring (bicyclic) bond motifs is 2. The molecule has 8 heteroatoms. The molecule has 2 N–H and O–H groups in total. The minimum absolute atomic E-state index is 0.271. The largest absolute Gasteiger partial charge is 0.295 e. The molecule has 0 unspecified atom stereocenters. The number of rotatable bonds is 3. The summed E-state index contributed by atoms with van der Waals surface area (Å²) in [7, 11) is -9.03. The highest BCUT2D eigenvalue weighted by atomic mass is 32.2. The molecule has 4 aromatic rings. The highest BCUT2D eigenvalue weighted by Gasteiger charge is 2.19. The molecule has 0 heterocycles. The second kappa shape index (κ2) is 6.39. The van der Waals surface area contributed by atoms with Crippen LogP contribution in [0.3, 0.4) is 0 Å². The van der Waals surface area contributed by atoms with Gasteiger partial charge in [-0.1, -0.05) is 48.5 Å². The van der Waals surface area contributed by atoms with Gasteiger partial charge in [0, 0.05) is 5.39 Å². The molecule has 6 nitrogen and oxygen atoms in total. The Hall–Kier alpha value is -2.78. The maximum Gasteiger partial charge on any atom is 0.295 e. The van der Waals surface area contributed by atoms with Crippen molar-refractivity contribution in [1.29, 1.82) is 0 Å². The molecule has 28 heavy (non-hydrogen) atoms. The SMILES string of the molecule is O=S(=O)(O)c1cc(-c2[c]c3ccccc3c(S(=O)(=O)O)c2)c2ccccc2c1. The van der Waals surface area contributed by atoms with E-state index in [2.05, 4.69) is 6.07 Å². The van der Waals surface area contributed by atoms with Crippen LogP contribution in [0.2, 0.25) is 0 Å². The van der Waals surface area contributed by atoms with Crippen molar-refractivity contribution < 1.29 is 25.9 Å². The lowest BCUT2D eigenvalue weighted by atomic mass is 9.96. The second-order valence-electron chi connectivity index (χ2n) is 6.23. The standard InChI is InChI=1S/C20H13O6S2/c21-27(22,23)16-10-14-6-1-3-7-17(14)19(12-16)15-9-13-5-2-4-8-18(13)20(11-15)28(24,25)26/h1-8,10-12H,(H,21,22,23)(H,24,25,26). The Morgan fingerprint density at radius 2 is 1.36 bits per heavy atom. The van der Waals surface area contributed by atoms with Crippen LogP contribution >= 0.6 is 0 Å². The molecule has 0 bridgehead atoms. The molecule has 1 radical (unpaired) electrons. The van der Waals surface area contributed by atoms with Crippen molar-refractivity contribution >= 4 is 41.8 Å². The number of hydrogen-bond donors (Lipinski definition) is 2. The van der Waals surface area contributed by atoms with Crippen molar-refractivity contribution in [3.05, 3.63) is 72.8 Å². The summed E-state index contributed by atoms with van der Waals surface area (Å²) in [6, 6.07) is 20.3. The molecule has 0 aliphatic carbocycles. The normalized spacial score (nSPS) is 12.5. The zero-order valence-corrected chi connectivity index (χ0v) is 15.8. The lowest BCUT2D eigenvalue weighted by molar-refractivity contribution is 0.481. The Morgan fingerprint density at radius 3 is 2.04 bits per heavy atom. The predicted octanol–water partition coefficient (Wildman–Crippen LogP) is 3.95. The van der Waals surface area contributed by atoms with Crippen LogP contribution in [0.4, 0.5) is 0 Å². The highest BCUT2D eigenvalue weighted by molar-refractivity contribution is 7.86. The summed E-state index contributed by atoms with van der Waals surface area (Å²) in [5.74, 6) is 0. The van der Waals surface area contributed by atoms with E-state index in [0.29, 0.717) is 27.1 Å². The van der Waals surface area contributed by atoms with E-state index >= 15 is 0 Å². The Bertz CT molecular complexity index is 1460. The molecule has 0 aliphatic heterocycles. The third kappa shape index (κ3) is 3.27. The number of hydrogen-bond acceptors (Lipinski definition) is 4. The average molecular weight is 413 g/mol. The van der Waals surface area contributed by atoms with Gasteiger partial charge >= 0.3 is 0 Å². The smallest absolute Gasteiger partial charge is 0.282 e. The van der Waals surface area contributed by atoms with Crippen molar-refractivity contribution in [2.24, 2.45) is 0 Å². The molecule has 0 saturated carbocycles. The maximum absolute atomic E-state index is 11.9. The molecule has 0 atom stereocenters. The van der Waals surface area contributed by atoms with Gasteiger partial charge in [0.15, 0.2) is 0 Å². The third-order valence-corrected chi connectivity index (χ3v) is 6.16. The fourth-order valence-corrected chi connectivity index (χ4v) is 4.48. The van der Waals surface area contributed by atoms with Crippen LogP contribution in [0, 0.1) is 6.07 Å². The molecule has 4 aromatic carbocycles. The topological polar surface area (TPSA) is 109 Å². The first-order valence-corrected chi connectivity index (χ1v) is 11.0. The van der Waals surface area contributed by atoms with E-state index in [-0.39, 0.29) is 15.4 Å². The van der Waals surface area contributed by atoms with Crippen molar-refractivity contribution in [2.45, 2.75) is 9.79 Å². The van der Waals surface area contributed by atoms with E-state index in [1.807, 2.05) is 0 Å². The molecular weight excluding hydrogens is 400 g/mol. The Morgan fingerprint density at radius 1 is 0.714 bits per heavy atom. The van der Waals surface area contributed by atoms with Crippen LogP contribution in [0.25, 0.3) is 32.7 Å². The molecule has 0 saturated heterocycles. The summed E-state index contributed by atoms with van der Waals surface area (Å²) in [4.78, 5) is -0.630. The summed E-state index contributed by atoms with van der Waals surface area (Å²) < 4.78 is 66.4. The van der Waals surface area contributed by atoms with Gasteiger partial charge in [0.25, 0.3) is 20.2 Å².